The van der Waals surface area contributed by atoms with E-state index in [0.717, 1.165) is 24.9 Å². The molecule has 1 N–H and O–H groups in total. The van der Waals surface area contributed by atoms with Crippen LogP contribution < -0.4 is 5.32 Å². The molecule has 0 fully saturated rings. The first-order valence-electron chi connectivity index (χ1n) is 7.44. The molecule has 0 spiro atoms. The Hall–Kier alpha value is -1.23. The standard InChI is InChI=1S/C17H20N2S2/c1-3-13-5-6-14(21-13)10-16(18-4-2)12-9-17-15(19-11-12)7-8-20-17/h5-9,11,16,18H,3-4,10H2,1-2H3. The van der Waals surface area contributed by atoms with Crippen molar-refractivity contribution in [3.63, 3.8) is 0 Å². The number of nitrogens with one attached hydrogen (secondary N) is 1. The van der Waals surface area contributed by atoms with E-state index in [0.29, 0.717) is 6.04 Å². The fourth-order valence-electron chi connectivity index (χ4n) is 2.53. The van der Waals surface area contributed by atoms with Crippen molar-refractivity contribution in [1.29, 1.82) is 0 Å². The SMILES string of the molecule is CCNC(Cc1ccc(CC)s1)c1cnc2ccsc2c1. The Labute approximate surface area is 133 Å². The van der Waals surface area contributed by atoms with Gasteiger partial charge in [0, 0.05) is 28.4 Å². The van der Waals surface area contributed by atoms with E-state index in [1.807, 2.05) is 17.5 Å². The Kier molecular flexibility index (Phi) is 4.68. The van der Waals surface area contributed by atoms with Crippen LogP contribution in [-0.2, 0) is 12.8 Å². The number of pyridine rings is 1. The Balaban J connectivity index is 1.85. The van der Waals surface area contributed by atoms with Crippen molar-refractivity contribution in [2.75, 3.05) is 6.54 Å². The Morgan fingerprint density at radius 1 is 1.19 bits per heavy atom. The first kappa shape index (κ1) is 14.7. The van der Waals surface area contributed by atoms with Crippen LogP contribution in [0.5, 0.6) is 0 Å². The van der Waals surface area contributed by atoms with E-state index in [1.54, 1.807) is 11.3 Å². The van der Waals surface area contributed by atoms with Crippen LogP contribution in [0.2, 0.25) is 0 Å². The predicted octanol–water partition coefficient (Wildman–Crippen LogP) is 4.81. The average molecular weight is 316 g/mol. The Morgan fingerprint density at radius 3 is 2.81 bits per heavy atom. The predicted molar refractivity (Wildman–Crippen MR) is 93.4 cm³/mol. The molecule has 0 radical (unpaired) electrons. The number of hydrogen-bond acceptors (Lipinski definition) is 4. The van der Waals surface area contributed by atoms with E-state index < -0.39 is 0 Å². The molecule has 2 nitrogen and oxygen atoms in total. The molecule has 1 unspecified atom stereocenters. The third-order valence-electron chi connectivity index (χ3n) is 3.65. The minimum absolute atomic E-state index is 0.345. The van der Waals surface area contributed by atoms with Gasteiger partial charge in [0.25, 0.3) is 0 Å². The van der Waals surface area contributed by atoms with E-state index in [4.69, 9.17) is 0 Å². The summed E-state index contributed by atoms with van der Waals surface area (Å²) < 4.78 is 1.27. The van der Waals surface area contributed by atoms with Gasteiger partial charge in [-0.05, 0) is 48.2 Å². The van der Waals surface area contributed by atoms with Gasteiger partial charge in [0.15, 0.2) is 0 Å². The summed E-state index contributed by atoms with van der Waals surface area (Å²) in [7, 11) is 0. The summed E-state index contributed by atoms with van der Waals surface area (Å²) in [5.41, 5.74) is 2.39. The highest BCUT2D eigenvalue weighted by atomic mass is 32.1. The minimum atomic E-state index is 0.345. The van der Waals surface area contributed by atoms with Gasteiger partial charge in [-0.1, -0.05) is 13.8 Å². The van der Waals surface area contributed by atoms with Crippen molar-refractivity contribution >= 4 is 32.9 Å². The van der Waals surface area contributed by atoms with Crippen LogP contribution in [0.1, 0.15) is 35.2 Å². The van der Waals surface area contributed by atoms with Crippen molar-refractivity contribution in [2.24, 2.45) is 0 Å². The largest absolute Gasteiger partial charge is 0.310 e. The van der Waals surface area contributed by atoms with Crippen molar-refractivity contribution in [3.05, 3.63) is 51.2 Å². The van der Waals surface area contributed by atoms with E-state index in [9.17, 15) is 0 Å². The molecule has 0 saturated heterocycles. The molecule has 0 aliphatic heterocycles. The molecule has 0 bridgehead atoms. The monoisotopic (exact) mass is 316 g/mol. The molecule has 0 aliphatic carbocycles. The molecule has 21 heavy (non-hydrogen) atoms. The normalized spacial score (nSPS) is 12.9. The highest BCUT2D eigenvalue weighted by molar-refractivity contribution is 7.17. The van der Waals surface area contributed by atoms with Gasteiger partial charge in [0.2, 0.25) is 0 Å². The van der Waals surface area contributed by atoms with E-state index >= 15 is 0 Å². The number of thiophene rings is 2. The third kappa shape index (κ3) is 3.34. The number of hydrogen-bond donors (Lipinski definition) is 1. The van der Waals surface area contributed by atoms with Gasteiger partial charge in [-0.15, -0.1) is 22.7 Å². The van der Waals surface area contributed by atoms with Crippen LogP contribution >= 0.6 is 22.7 Å². The van der Waals surface area contributed by atoms with Gasteiger partial charge in [-0.25, -0.2) is 0 Å². The van der Waals surface area contributed by atoms with E-state index in [-0.39, 0.29) is 0 Å². The van der Waals surface area contributed by atoms with E-state index in [2.05, 4.69) is 53.8 Å². The number of aryl methyl sites for hydroxylation is 1. The van der Waals surface area contributed by atoms with Crippen molar-refractivity contribution in [1.82, 2.24) is 10.3 Å². The fraction of sp³-hybridized carbons (Fsp3) is 0.353. The zero-order chi connectivity index (χ0) is 14.7. The molecule has 0 saturated carbocycles. The second-order valence-electron chi connectivity index (χ2n) is 5.11. The molecule has 110 valence electrons. The van der Waals surface area contributed by atoms with Crippen LogP contribution in [-0.4, -0.2) is 11.5 Å². The maximum Gasteiger partial charge on any atom is 0.0809 e. The summed E-state index contributed by atoms with van der Waals surface area (Å²) in [6.07, 6.45) is 4.19. The van der Waals surface area contributed by atoms with Crippen LogP contribution in [0.15, 0.2) is 35.8 Å². The number of rotatable bonds is 6. The number of fused-ring (bicyclic) bond motifs is 1. The molecular weight excluding hydrogens is 296 g/mol. The minimum Gasteiger partial charge on any atom is -0.310 e. The summed E-state index contributed by atoms with van der Waals surface area (Å²) in [5.74, 6) is 0. The van der Waals surface area contributed by atoms with Gasteiger partial charge >= 0.3 is 0 Å². The lowest BCUT2D eigenvalue weighted by molar-refractivity contribution is 0.552. The zero-order valence-electron chi connectivity index (χ0n) is 12.4. The second-order valence-corrected chi connectivity index (χ2v) is 7.31. The molecule has 3 aromatic rings. The van der Waals surface area contributed by atoms with E-state index in [1.165, 1.54) is 20.0 Å². The van der Waals surface area contributed by atoms with Crippen molar-refractivity contribution in [2.45, 2.75) is 32.7 Å². The Morgan fingerprint density at radius 2 is 2.05 bits per heavy atom. The summed E-state index contributed by atoms with van der Waals surface area (Å²) >= 11 is 3.69. The average Bonchev–Trinajstić information content (AvgIpc) is 3.14. The highest BCUT2D eigenvalue weighted by Crippen LogP contribution is 2.27. The molecule has 3 heterocycles. The summed E-state index contributed by atoms with van der Waals surface area (Å²) in [5, 5.41) is 5.71. The molecule has 0 amide bonds. The van der Waals surface area contributed by atoms with Crippen molar-refractivity contribution in [3.8, 4) is 0 Å². The quantitative estimate of drug-likeness (QED) is 0.705. The van der Waals surface area contributed by atoms with Gasteiger partial charge in [0.05, 0.1) is 10.2 Å². The molecule has 1 atom stereocenters. The summed E-state index contributed by atoms with van der Waals surface area (Å²) in [6.45, 7) is 5.35. The topological polar surface area (TPSA) is 24.9 Å². The number of nitrogens with zero attached hydrogens (tertiary/aromatic N) is 1. The summed E-state index contributed by atoms with van der Waals surface area (Å²) in [6, 6.07) is 9.24. The van der Waals surface area contributed by atoms with Gasteiger partial charge in [0.1, 0.15) is 0 Å². The van der Waals surface area contributed by atoms with Gasteiger partial charge in [-0.3, -0.25) is 4.98 Å². The lowest BCUT2D eigenvalue weighted by Gasteiger charge is -2.17. The molecule has 0 aromatic carbocycles. The fourth-order valence-corrected chi connectivity index (χ4v) is 4.32. The summed E-state index contributed by atoms with van der Waals surface area (Å²) in [4.78, 5) is 7.49. The van der Waals surface area contributed by atoms with Crippen LogP contribution in [0.25, 0.3) is 10.2 Å². The van der Waals surface area contributed by atoms with Crippen LogP contribution in [0.4, 0.5) is 0 Å². The first-order valence-corrected chi connectivity index (χ1v) is 9.14. The highest BCUT2D eigenvalue weighted by Gasteiger charge is 2.14. The van der Waals surface area contributed by atoms with Crippen molar-refractivity contribution < 1.29 is 0 Å². The van der Waals surface area contributed by atoms with Gasteiger partial charge < -0.3 is 5.32 Å². The molecule has 0 aliphatic rings. The van der Waals surface area contributed by atoms with Crippen LogP contribution in [0, 0.1) is 0 Å². The smallest absolute Gasteiger partial charge is 0.0809 e. The number of aromatic nitrogens is 1. The molecule has 4 heteroatoms. The second kappa shape index (κ2) is 6.69. The maximum absolute atomic E-state index is 4.58. The lowest BCUT2D eigenvalue weighted by atomic mass is 10.0. The lowest BCUT2D eigenvalue weighted by Crippen LogP contribution is -2.22. The zero-order valence-corrected chi connectivity index (χ0v) is 14.1. The van der Waals surface area contributed by atoms with Gasteiger partial charge in [-0.2, -0.15) is 0 Å². The molecular formula is C17H20N2S2. The Bertz CT molecular complexity index is 714. The first-order chi connectivity index (χ1) is 10.3. The molecule has 3 aromatic heterocycles. The number of likely N-dealkylation sites (N-methyl/N-ethyl adjacent to an activating group) is 1. The maximum atomic E-state index is 4.58. The van der Waals surface area contributed by atoms with Crippen LogP contribution in [0.3, 0.4) is 0 Å². The molecule has 3 rings (SSSR count). The third-order valence-corrected chi connectivity index (χ3v) is 5.75.